The number of aryl methyl sites for hydroxylation is 1. The Morgan fingerprint density at radius 3 is 2.67 bits per heavy atom. The lowest BCUT2D eigenvalue weighted by Gasteiger charge is -2.13. The summed E-state index contributed by atoms with van der Waals surface area (Å²) in [5.74, 6) is -0.553. The van der Waals surface area contributed by atoms with Crippen LogP contribution < -0.4 is 0 Å². The van der Waals surface area contributed by atoms with Crippen molar-refractivity contribution in [3.63, 3.8) is 0 Å². The molecule has 5 rings (SSSR count). The van der Waals surface area contributed by atoms with Crippen LogP contribution in [0.25, 0.3) is 21.8 Å². The molecule has 2 amide bonds. The van der Waals surface area contributed by atoms with Gasteiger partial charge in [-0.15, -0.1) is 0 Å². The predicted molar refractivity (Wildman–Crippen MR) is 115 cm³/mol. The van der Waals surface area contributed by atoms with E-state index in [2.05, 4.69) is 9.97 Å². The van der Waals surface area contributed by atoms with Crippen molar-refractivity contribution in [2.45, 2.75) is 20.0 Å². The number of para-hydroxylation sites is 1. The number of pyridine rings is 1. The van der Waals surface area contributed by atoms with Gasteiger partial charge in [0, 0.05) is 36.1 Å². The molecule has 0 fully saturated rings. The van der Waals surface area contributed by atoms with Crippen molar-refractivity contribution < 1.29 is 14.3 Å². The van der Waals surface area contributed by atoms with E-state index in [0.717, 1.165) is 27.4 Å². The van der Waals surface area contributed by atoms with E-state index >= 15 is 0 Å². The maximum absolute atomic E-state index is 13.3. The molecule has 6 heteroatoms. The van der Waals surface area contributed by atoms with Gasteiger partial charge in [-0.1, -0.05) is 29.8 Å². The van der Waals surface area contributed by atoms with E-state index in [4.69, 9.17) is 4.74 Å². The molecule has 0 spiro atoms. The number of nitrogens with one attached hydrogen (secondary N) is 1. The second-order valence-corrected chi connectivity index (χ2v) is 7.63. The van der Waals surface area contributed by atoms with Crippen molar-refractivity contribution in [2.75, 3.05) is 13.7 Å². The third-order valence-electron chi connectivity index (χ3n) is 5.69. The molecular weight excluding hydrogens is 378 g/mol. The third kappa shape index (κ3) is 2.80. The number of aromatic nitrogens is 2. The van der Waals surface area contributed by atoms with Gasteiger partial charge < -0.3 is 9.72 Å². The van der Waals surface area contributed by atoms with E-state index < -0.39 is 0 Å². The summed E-state index contributed by atoms with van der Waals surface area (Å²) in [7, 11) is 1.56. The van der Waals surface area contributed by atoms with Crippen LogP contribution in [-0.4, -0.2) is 40.3 Å². The van der Waals surface area contributed by atoms with E-state index in [1.807, 2.05) is 55.6 Å². The first-order valence-corrected chi connectivity index (χ1v) is 9.92. The van der Waals surface area contributed by atoms with E-state index in [-0.39, 0.29) is 18.4 Å². The number of H-pyrrole nitrogens is 1. The predicted octanol–water partition coefficient (Wildman–Crippen LogP) is 4.01. The van der Waals surface area contributed by atoms with Crippen molar-refractivity contribution in [2.24, 2.45) is 0 Å². The molecular formula is C24H21N3O3. The molecule has 0 bridgehead atoms. The molecule has 0 radical (unpaired) electrons. The summed E-state index contributed by atoms with van der Waals surface area (Å²) in [4.78, 5) is 35.8. The minimum absolute atomic E-state index is 0.182. The highest BCUT2D eigenvalue weighted by molar-refractivity contribution is 6.26. The Bertz CT molecular complexity index is 1320. The largest absolute Gasteiger partial charge is 0.378 e. The smallest absolute Gasteiger partial charge is 0.263 e. The van der Waals surface area contributed by atoms with Crippen LogP contribution in [0.4, 0.5) is 0 Å². The Morgan fingerprint density at radius 1 is 1.03 bits per heavy atom. The standard InChI is InChI=1S/C24H21N3O3/c1-14-7-8-19-17(11-14)21-22(20(26-19)13-30-2)24(29)27(23(21)28)10-9-15-12-25-18-6-4-3-5-16(15)18/h3-8,11-12,25H,9-10,13H2,1-2H3. The molecule has 2 aromatic carbocycles. The van der Waals surface area contributed by atoms with E-state index in [0.29, 0.717) is 35.3 Å². The van der Waals surface area contributed by atoms with Gasteiger partial charge in [-0.3, -0.25) is 14.5 Å². The normalized spacial score (nSPS) is 13.6. The molecule has 0 saturated heterocycles. The highest BCUT2D eigenvalue weighted by atomic mass is 16.5. The lowest BCUT2D eigenvalue weighted by Crippen LogP contribution is -2.32. The van der Waals surface area contributed by atoms with Gasteiger partial charge in [-0.2, -0.15) is 0 Å². The number of hydrogen-bond donors (Lipinski definition) is 1. The van der Waals surface area contributed by atoms with Crippen LogP contribution in [0.1, 0.15) is 37.5 Å². The van der Waals surface area contributed by atoms with Crippen molar-refractivity contribution in [1.82, 2.24) is 14.9 Å². The molecule has 0 atom stereocenters. The molecule has 1 aliphatic heterocycles. The van der Waals surface area contributed by atoms with Crippen LogP contribution in [-0.2, 0) is 17.8 Å². The van der Waals surface area contributed by atoms with Crippen LogP contribution in [0.3, 0.4) is 0 Å². The molecule has 150 valence electrons. The number of methoxy groups -OCH3 is 1. The van der Waals surface area contributed by atoms with E-state index in [9.17, 15) is 9.59 Å². The monoisotopic (exact) mass is 399 g/mol. The van der Waals surface area contributed by atoms with E-state index in [1.165, 1.54) is 4.90 Å². The molecule has 0 unspecified atom stereocenters. The average Bonchev–Trinajstić information content (AvgIpc) is 3.26. The minimum Gasteiger partial charge on any atom is -0.378 e. The Hall–Kier alpha value is -3.51. The number of carbonyl (C=O) groups is 2. The number of amides is 2. The zero-order chi connectivity index (χ0) is 20.8. The van der Waals surface area contributed by atoms with Crippen LogP contribution >= 0.6 is 0 Å². The van der Waals surface area contributed by atoms with E-state index in [1.54, 1.807) is 7.11 Å². The van der Waals surface area contributed by atoms with Crippen LogP contribution in [0.15, 0.2) is 48.7 Å². The van der Waals surface area contributed by atoms with Crippen molar-refractivity contribution in [3.05, 3.63) is 76.6 Å². The second-order valence-electron chi connectivity index (χ2n) is 7.63. The van der Waals surface area contributed by atoms with Gasteiger partial charge in [0.1, 0.15) is 0 Å². The topological polar surface area (TPSA) is 75.3 Å². The van der Waals surface area contributed by atoms with Gasteiger partial charge in [-0.25, -0.2) is 4.98 Å². The molecule has 3 heterocycles. The summed E-state index contributed by atoms with van der Waals surface area (Å²) >= 11 is 0. The summed E-state index contributed by atoms with van der Waals surface area (Å²) in [6.45, 7) is 2.46. The Balaban J connectivity index is 1.54. The first-order valence-electron chi connectivity index (χ1n) is 9.92. The molecule has 4 aromatic rings. The highest BCUT2D eigenvalue weighted by Crippen LogP contribution is 2.33. The van der Waals surface area contributed by atoms with Crippen molar-refractivity contribution in [1.29, 1.82) is 0 Å². The van der Waals surface area contributed by atoms with Gasteiger partial charge in [0.15, 0.2) is 0 Å². The number of imide groups is 1. The van der Waals surface area contributed by atoms with Gasteiger partial charge in [0.05, 0.1) is 28.9 Å². The summed E-state index contributed by atoms with van der Waals surface area (Å²) in [6, 6.07) is 13.8. The fourth-order valence-corrected chi connectivity index (χ4v) is 4.26. The maximum atomic E-state index is 13.3. The summed E-state index contributed by atoms with van der Waals surface area (Å²) in [5, 5.41) is 1.83. The summed E-state index contributed by atoms with van der Waals surface area (Å²) in [5.41, 5.74) is 5.17. The Kier molecular flexibility index (Phi) is 4.37. The zero-order valence-corrected chi connectivity index (χ0v) is 16.9. The Morgan fingerprint density at radius 2 is 1.83 bits per heavy atom. The number of aromatic amines is 1. The van der Waals surface area contributed by atoms with Crippen LogP contribution in [0, 0.1) is 6.92 Å². The molecule has 0 aliphatic carbocycles. The fraction of sp³-hybridized carbons (Fsp3) is 0.208. The molecule has 1 aliphatic rings. The highest BCUT2D eigenvalue weighted by Gasteiger charge is 2.39. The maximum Gasteiger partial charge on any atom is 0.263 e. The summed E-state index contributed by atoms with van der Waals surface area (Å²) in [6.07, 6.45) is 2.53. The molecule has 6 nitrogen and oxygen atoms in total. The Labute approximate surface area is 173 Å². The summed E-state index contributed by atoms with van der Waals surface area (Å²) < 4.78 is 5.26. The van der Waals surface area contributed by atoms with Gasteiger partial charge in [-0.05, 0) is 37.1 Å². The first kappa shape index (κ1) is 18.5. The number of nitrogens with zero attached hydrogens (tertiary/aromatic N) is 2. The van der Waals surface area contributed by atoms with Gasteiger partial charge >= 0.3 is 0 Å². The average molecular weight is 399 g/mol. The zero-order valence-electron chi connectivity index (χ0n) is 16.9. The number of rotatable bonds is 5. The molecule has 0 saturated carbocycles. The minimum atomic E-state index is -0.294. The first-order chi connectivity index (χ1) is 14.6. The molecule has 1 N–H and O–H groups in total. The molecule has 2 aromatic heterocycles. The number of carbonyl (C=O) groups excluding carboxylic acids is 2. The SMILES string of the molecule is COCc1nc2ccc(C)cc2c2c1C(=O)N(CCc1c[nH]c3ccccc13)C2=O. The molecule has 30 heavy (non-hydrogen) atoms. The van der Waals surface area contributed by atoms with Gasteiger partial charge in [0.25, 0.3) is 11.8 Å². The van der Waals surface area contributed by atoms with Crippen LogP contribution in [0.5, 0.6) is 0 Å². The second kappa shape index (κ2) is 7.07. The van der Waals surface area contributed by atoms with Gasteiger partial charge in [0.2, 0.25) is 0 Å². The number of hydrogen-bond acceptors (Lipinski definition) is 4. The van der Waals surface area contributed by atoms with Crippen LogP contribution in [0.2, 0.25) is 0 Å². The number of benzene rings is 2. The number of fused-ring (bicyclic) bond motifs is 4. The quantitative estimate of drug-likeness (QED) is 0.515. The lowest BCUT2D eigenvalue weighted by atomic mass is 10.0. The third-order valence-corrected chi connectivity index (χ3v) is 5.69. The fourth-order valence-electron chi connectivity index (χ4n) is 4.26. The van der Waals surface area contributed by atoms with Crippen molar-refractivity contribution >= 4 is 33.6 Å². The van der Waals surface area contributed by atoms with Crippen molar-refractivity contribution in [3.8, 4) is 0 Å². The lowest BCUT2D eigenvalue weighted by molar-refractivity contribution is 0.0655. The number of ether oxygens (including phenoxy) is 1.